The van der Waals surface area contributed by atoms with E-state index in [1.54, 1.807) is 6.92 Å². The van der Waals surface area contributed by atoms with Crippen LogP contribution in [0.4, 0.5) is 14.5 Å². The van der Waals surface area contributed by atoms with Crippen LogP contribution in [0.1, 0.15) is 74.8 Å². The van der Waals surface area contributed by atoms with Crippen LogP contribution < -0.4 is 4.90 Å². The minimum atomic E-state index is -1.02. The predicted molar refractivity (Wildman–Crippen MR) is 145 cm³/mol. The molecule has 6 rings (SSSR count). The number of benzene rings is 2. The largest absolute Gasteiger partial charge is 0.459 e. The van der Waals surface area contributed by atoms with Crippen LogP contribution in [-0.2, 0) is 20.9 Å². The average molecular weight is 565 g/mol. The Kier molecular flexibility index (Phi) is 7.06. The number of carbonyl (C=O) groups excluding carboxylic acids is 2. The summed E-state index contributed by atoms with van der Waals surface area (Å²) in [6.45, 7) is 3.08. The smallest absolute Gasteiger partial charge is 0.303 e. The molecule has 214 valence electrons. The summed E-state index contributed by atoms with van der Waals surface area (Å²) in [6.07, 6.45) is 3.15. The van der Waals surface area contributed by atoms with Crippen LogP contribution >= 0.6 is 0 Å². The molecule has 11 heteroatoms. The number of amides is 1. The molecule has 1 amide bonds. The maximum absolute atomic E-state index is 14.2. The lowest BCUT2D eigenvalue weighted by Crippen LogP contribution is -2.31. The van der Waals surface area contributed by atoms with E-state index in [1.165, 1.54) is 17.9 Å². The number of aromatic nitrogens is 3. The number of ether oxygens (including phenoxy) is 1. The predicted octanol–water partition coefficient (Wildman–Crippen LogP) is 5.69. The molecule has 0 spiro atoms. The highest BCUT2D eigenvalue weighted by atomic mass is 19.2. The van der Waals surface area contributed by atoms with Gasteiger partial charge in [0.15, 0.2) is 11.6 Å². The molecule has 3 heterocycles. The van der Waals surface area contributed by atoms with E-state index >= 15 is 0 Å². The number of fused-ring (bicyclic) bond motifs is 1. The van der Waals surface area contributed by atoms with E-state index in [2.05, 4.69) is 9.72 Å². The zero-order valence-electron chi connectivity index (χ0n) is 22.8. The van der Waals surface area contributed by atoms with E-state index in [-0.39, 0.29) is 36.8 Å². The Morgan fingerprint density at radius 1 is 1.10 bits per heavy atom. The quantitative estimate of drug-likeness (QED) is 0.300. The second kappa shape index (κ2) is 10.7. The molecule has 1 aliphatic carbocycles. The van der Waals surface area contributed by atoms with Crippen molar-refractivity contribution in [1.82, 2.24) is 14.7 Å². The van der Waals surface area contributed by atoms with Gasteiger partial charge in [-0.25, -0.2) is 13.8 Å². The number of carbonyl (C=O) groups is 2. The topological polar surface area (TPSA) is 111 Å². The van der Waals surface area contributed by atoms with E-state index in [9.17, 15) is 23.5 Å². The van der Waals surface area contributed by atoms with Gasteiger partial charge in [0.05, 0.1) is 28.7 Å². The molecule has 0 unspecified atom stereocenters. The highest BCUT2D eigenvalue weighted by Crippen LogP contribution is 2.42. The standard InChI is InChI=1S/C30H30F2N4O5/c1-16-29(25(34-41-16)15-40-17(2)37)18-3-10-26-24(13-18)33-30(36(26)19-4-7-21(38)8-5-19)27-11-12-28(39)35(27)20-6-9-22(31)23(32)14-20/h3,6,9-10,13-14,19,21,27,38H,4-5,7-8,11-12,15H2,1-2H3/t19-,21-,27-/m0/s1. The number of hydrogen-bond acceptors (Lipinski definition) is 7. The number of imidazole rings is 1. The van der Waals surface area contributed by atoms with Crippen LogP contribution in [-0.4, -0.2) is 37.8 Å². The molecule has 1 aliphatic heterocycles. The maximum atomic E-state index is 14.2. The van der Waals surface area contributed by atoms with Gasteiger partial charge in [-0.1, -0.05) is 11.2 Å². The lowest BCUT2D eigenvalue weighted by Gasteiger charge is -2.31. The normalized spacial score (nSPS) is 21.1. The van der Waals surface area contributed by atoms with E-state index in [4.69, 9.17) is 14.2 Å². The van der Waals surface area contributed by atoms with Gasteiger partial charge >= 0.3 is 5.97 Å². The zero-order chi connectivity index (χ0) is 28.8. The molecule has 2 fully saturated rings. The molecule has 2 aliphatic rings. The van der Waals surface area contributed by atoms with E-state index in [0.717, 1.165) is 36.1 Å². The molecule has 2 aromatic heterocycles. The van der Waals surface area contributed by atoms with Crippen LogP contribution in [0.5, 0.6) is 0 Å². The Labute approximate surface area is 234 Å². The minimum Gasteiger partial charge on any atom is -0.459 e. The Hall–Kier alpha value is -4.12. The van der Waals surface area contributed by atoms with Crippen molar-refractivity contribution in [2.75, 3.05) is 4.90 Å². The summed E-state index contributed by atoms with van der Waals surface area (Å²) in [4.78, 5) is 31.0. The Bertz CT molecular complexity index is 1640. The van der Waals surface area contributed by atoms with Crippen LogP contribution in [0.25, 0.3) is 22.2 Å². The third-order valence-electron chi connectivity index (χ3n) is 8.07. The van der Waals surface area contributed by atoms with Gasteiger partial charge in [-0.2, -0.15) is 0 Å². The Morgan fingerprint density at radius 2 is 1.88 bits per heavy atom. The van der Waals surface area contributed by atoms with Gasteiger partial charge in [0.25, 0.3) is 0 Å². The molecule has 41 heavy (non-hydrogen) atoms. The fraction of sp³-hybridized carbons (Fsp3) is 0.400. The van der Waals surface area contributed by atoms with Crippen molar-refractivity contribution in [3.05, 3.63) is 65.3 Å². The molecule has 1 N–H and O–H groups in total. The first kappa shape index (κ1) is 27.1. The summed E-state index contributed by atoms with van der Waals surface area (Å²) in [5, 5.41) is 14.2. The van der Waals surface area contributed by atoms with E-state index < -0.39 is 23.6 Å². The number of aryl methyl sites for hydroxylation is 1. The number of esters is 1. The van der Waals surface area contributed by atoms with Gasteiger partial charge < -0.3 is 23.8 Å². The second-order valence-electron chi connectivity index (χ2n) is 10.8. The number of rotatable bonds is 6. The van der Waals surface area contributed by atoms with Crippen molar-refractivity contribution < 1.29 is 32.7 Å². The van der Waals surface area contributed by atoms with Crippen LogP contribution in [0.15, 0.2) is 40.9 Å². The summed E-state index contributed by atoms with van der Waals surface area (Å²) >= 11 is 0. The first-order valence-electron chi connectivity index (χ1n) is 13.8. The number of aliphatic hydroxyl groups is 1. The van der Waals surface area contributed by atoms with Crippen LogP contribution in [0.2, 0.25) is 0 Å². The van der Waals surface area contributed by atoms with Gasteiger partial charge in [0.1, 0.15) is 23.9 Å². The number of hydrogen-bond donors (Lipinski definition) is 1. The summed E-state index contributed by atoms with van der Waals surface area (Å²) in [7, 11) is 0. The van der Waals surface area contributed by atoms with Crippen LogP contribution in [0, 0.1) is 18.6 Å². The SMILES string of the molecule is CC(=O)OCc1noc(C)c1-c1ccc2c(c1)nc([C@@H]1CCC(=O)N1c1ccc(F)c(F)c1)n2[C@H]1CC[C@H](O)CC1. The number of anilines is 1. The van der Waals surface area contributed by atoms with Gasteiger partial charge in [0, 0.05) is 31.1 Å². The molecule has 1 saturated heterocycles. The molecule has 0 radical (unpaired) electrons. The summed E-state index contributed by atoms with van der Waals surface area (Å²) in [5.41, 5.74) is 3.82. The van der Waals surface area contributed by atoms with Crippen molar-refractivity contribution in [3.63, 3.8) is 0 Å². The number of halogens is 2. The molecular weight excluding hydrogens is 534 g/mol. The maximum Gasteiger partial charge on any atom is 0.303 e. The van der Waals surface area contributed by atoms with Crippen LogP contribution in [0.3, 0.4) is 0 Å². The lowest BCUT2D eigenvalue weighted by molar-refractivity contribution is -0.142. The van der Waals surface area contributed by atoms with Crippen molar-refractivity contribution in [2.24, 2.45) is 0 Å². The molecule has 4 aromatic rings. The zero-order valence-corrected chi connectivity index (χ0v) is 22.8. The average Bonchev–Trinajstić information content (AvgIpc) is 3.63. The first-order valence-corrected chi connectivity index (χ1v) is 13.8. The van der Waals surface area contributed by atoms with E-state index in [0.29, 0.717) is 47.6 Å². The van der Waals surface area contributed by atoms with Crippen molar-refractivity contribution in [2.45, 2.75) is 77.2 Å². The van der Waals surface area contributed by atoms with Gasteiger partial charge in [-0.15, -0.1) is 0 Å². The van der Waals surface area contributed by atoms with Crippen molar-refractivity contribution >= 4 is 28.6 Å². The Balaban J connectivity index is 1.47. The van der Waals surface area contributed by atoms with Gasteiger partial charge in [-0.05, 0) is 68.9 Å². The highest BCUT2D eigenvalue weighted by molar-refractivity contribution is 5.96. The molecule has 2 aromatic carbocycles. The van der Waals surface area contributed by atoms with E-state index in [1.807, 2.05) is 18.2 Å². The molecule has 9 nitrogen and oxygen atoms in total. The molecule has 0 bridgehead atoms. The third kappa shape index (κ3) is 4.99. The number of aliphatic hydroxyl groups excluding tert-OH is 1. The van der Waals surface area contributed by atoms with Gasteiger partial charge in [-0.3, -0.25) is 9.59 Å². The molecule has 1 atom stereocenters. The third-order valence-corrected chi connectivity index (χ3v) is 8.07. The molecular formula is C30H30F2N4O5. The lowest BCUT2D eigenvalue weighted by atomic mass is 9.92. The highest BCUT2D eigenvalue weighted by Gasteiger charge is 2.38. The second-order valence-corrected chi connectivity index (χ2v) is 10.8. The molecule has 1 saturated carbocycles. The summed E-state index contributed by atoms with van der Waals surface area (Å²) in [6, 6.07) is 8.87. The summed E-state index contributed by atoms with van der Waals surface area (Å²) in [5.74, 6) is -1.38. The van der Waals surface area contributed by atoms with Crippen molar-refractivity contribution in [3.8, 4) is 11.1 Å². The fourth-order valence-corrected chi connectivity index (χ4v) is 6.15. The number of nitrogens with zero attached hydrogens (tertiary/aromatic N) is 4. The fourth-order valence-electron chi connectivity index (χ4n) is 6.15. The summed E-state index contributed by atoms with van der Waals surface area (Å²) < 4.78 is 40.7. The Morgan fingerprint density at radius 3 is 2.61 bits per heavy atom. The monoisotopic (exact) mass is 564 g/mol. The minimum absolute atomic E-state index is 0.0302. The van der Waals surface area contributed by atoms with Crippen molar-refractivity contribution in [1.29, 1.82) is 0 Å². The van der Waals surface area contributed by atoms with Gasteiger partial charge in [0.2, 0.25) is 5.91 Å². The first-order chi connectivity index (χ1) is 19.7.